The molecule has 2 aliphatic rings. The average Bonchev–Trinajstić information content (AvgIpc) is 3.29. The van der Waals surface area contributed by atoms with Gasteiger partial charge >= 0.3 is 0 Å². The summed E-state index contributed by atoms with van der Waals surface area (Å²) in [4.78, 5) is 28.5. The zero-order valence-corrected chi connectivity index (χ0v) is 23.0. The number of ether oxygens (including phenoxy) is 4. The van der Waals surface area contributed by atoms with Crippen molar-refractivity contribution in [2.75, 3.05) is 20.3 Å². The van der Waals surface area contributed by atoms with E-state index in [1.807, 2.05) is 60.7 Å². The SMILES string of the molecule is COc1cc([C@H]2C(=C(O)c3ccc4c(c3)OCCO4)C(=O)C(=O)N2Cc2ccccc2)ccc1OCc1ccccc1. The standard InChI is InChI=1S/C34H29NO7/c1-39-28-18-24(12-14-26(28)42-21-23-10-6-3-7-11-23)31-30(32(36)25-13-15-27-29(19-25)41-17-16-40-27)33(37)34(38)35(31)20-22-8-4-2-5-9-22/h2-15,18-19,31,36H,16-17,20-21H2,1H3/t31-/m0/s1. The van der Waals surface area contributed by atoms with Gasteiger partial charge in [-0.25, -0.2) is 0 Å². The van der Waals surface area contributed by atoms with Crippen LogP contribution in [0, 0.1) is 0 Å². The summed E-state index contributed by atoms with van der Waals surface area (Å²) < 4.78 is 23.0. The molecule has 6 rings (SSSR count). The molecule has 8 heteroatoms. The summed E-state index contributed by atoms with van der Waals surface area (Å²) in [6.07, 6.45) is 0. The van der Waals surface area contributed by atoms with Crippen molar-refractivity contribution >= 4 is 17.4 Å². The first-order chi connectivity index (χ1) is 20.5. The van der Waals surface area contributed by atoms with E-state index in [0.29, 0.717) is 53.9 Å². The van der Waals surface area contributed by atoms with Crippen LogP contribution in [0.15, 0.2) is 103 Å². The van der Waals surface area contributed by atoms with Crippen LogP contribution < -0.4 is 18.9 Å². The Hall–Kier alpha value is -5.24. The topological polar surface area (TPSA) is 94.5 Å². The van der Waals surface area contributed by atoms with Crippen molar-refractivity contribution in [3.05, 3.63) is 125 Å². The van der Waals surface area contributed by atoms with Crippen LogP contribution in [-0.4, -0.2) is 42.0 Å². The Balaban J connectivity index is 1.42. The number of benzene rings is 4. The van der Waals surface area contributed by atoms with Gasteiger partial charge in [-0.2, -0.15) is 0 Å². The Kier molecular flexibility index (Phi) is 7.51. The third-order valence-electron chi connectivity index (χ3n) is 7.29. The predicted molar refractivity (Wildman–Crippen MR) is 155 cm³/mol. The van der Waals surface area contributed by atoms with Gasteiger partial charge in [-0.05, 0) is 47.0 Å². The minimum Gasteiger partial charge on any atom is -0.507 e. The second-order valence-electron chi connectivity index (χ2n) is 9.96. The summed E-state index contributed by atoms with van der Waals surface area (Å²) >= 11 is 0. The number of carbonyl (C=O) groups excluding carboxylic acids is 2. The lowest BCUT2D eigenvalue weighted by molar-refractivity contribution is -0.140. The van der Waals surface area contributed by atoms with Gasteiger partial charge in [0.25, 0.3) is 11.7 Å². The Bertz CT molecular complexity index is 1650. The normalized spacial score (nSPS) is 17.3. The highest BCUT2D eigenvalue weighted by Crippen LogP contribution is 2.43. The molecule has 1 saturated heterocycles. The number of rotatable bonds is 8. The van der Waals surface area contributed by atoms with Crippen LogP contribution >= 0.6 is 0 Å². The number of ketones is 1. The van der Waals surface area contributed by atoms with Crippen molar-refractivity contribution < 1.29 is 33.6 Å². The van der Waals surface area contributed by atoms with Gasteiger partial charge < -0.3 is 29.0 Å². The molecule has 1 atom stereocenters. The molecule has 0 aromatic heterocycles. The fourth-order valence-electron chi connectivity index (χ4n) is 5.22. The van der Waals surface area contributed by atoms with E-state index in [9.17, 15) is 14.7 Å². The van der Waals surface area contributed by atoms with Gasteiger partial charge in [-0.15, -0.1) is 0 Å². The number of carbonyl (C=O) groups is 2. The summed E-state index contributed by atoms with van der Waals surface area (Å²) in [5.74, 6) is 0.189. The minimum absolute atomic E-state index is 0.0207. The highest BCUT2D eigenvalue weighted by Gasteiger charge is 2.46. The maximum atomic E-state index is 13.6. The molecule has 2 aliphatic heterocycles. The van der Waals surface area contributed by atoms with Crippen LogP contribution in [0.5, 0.6) is 23.0 Å². The summed E-state index contributed by atoms with van der Waals surface area (Å²) in [6, 6.07) is 28.5. The number of Topliss-reactive ketones (excluding diaryl/α,β-unsaturated/α-hetero) is 1. The zero-order chi connectivity index (χ0) is 29.1. The smallest absolute Gasteiger partial charge is 0.295 e. The van der Waals surface area contributed by atoms with Gasteiger partial charge in [0.1, 0.15) is 25.6 Å². The quantitative estimate of drug-likeness (QED) is 0.168. The maximum absolute atomic E-state index is 13.6. The van der Waals surface area contributed by atoms with Crippen LogP contribution in [0.4, 0.5) is 0 Å². The third kappa shape index (κ3) is 5.26. The lowest BCUT2D eigenvalue weighted by Gasteiger charge is -2.26. The van der Waals surface area contributed by atoms with E-state index < -0.39 is 17.7 Å². The van der Waals surface area contributed by atoms with Gasteiger partial charge in [-0.1, -0.05) is 66.7 Å². The molecule has 2 heterocycles. The van der Waals surface area contributed by atoms with Crippen molar-refractivity contribution in [3.8, 4) is 23.0 Å². The molecule has 4 aromatic rings. The summed E-state index contributed by atoms with van der Waals surface area (Å²) in [6.45, 7) is 1.31. The molecule has 42 heavy (non-hydrogen) atoms. The van der Waals surface area contributed by atoms with Crippen LogP contribution in [0.2, 0.25) is 0 Å². The minimum atomic E-state index is -0.879. The number of fused-ring (bicyclic) bond motifs is 1. The van der Waals surface area contributed by atoms with Crippen LogP contribution in [0.1, 0.15) is 28.3 Å². The Morgan fingerprint density at radius 2 is 1.52 bits per heavy atom. The Labute approximate surface area is 243 Å². The van der Waals surface area contributed by atoms with Gasteiger partial charge in [0, 0.05) is 12.1 Å². The maximum Gasteiger partial charge on any atom is 0.295 e. The molecule has 1 N–H and O–H groups in total. The molecule has 212 valence electrons. The fourth-order valence-corrected chi connectivity index (χ4v) is 5.22. The first kappa shape index (κ1) is 27.0. The second-order valence-corrected chi connectivity index (χ2v) is 9.96. The zero-order valence-electron chi connectivity index (χ0n) is 23.0. The number of likely N-dealkylation sites (tertiary alicyclic amines) is 1. The van der Waals surface area contributed by atoms with Crippen LogP contribution in [0.3, 0.4) is 0 Å². The van der Waals surface area contributed by atoms with Gasteiger partial charge in [0.2, 0.25) is 0 Å². The van der Waals surface area contributed by atoms with Crippen molar-refractivity contribution in [2.45, 2.75) is 19.2 Å². The number of methoxy groups -OCH3 is 1. The number of hydrogen-bond donors (Lipinski definition) is 1. The molecule has 8 nitrogen and oxygen atoms in total. The first-order valence-electron chi connectivity index (χ1n) is 13.6. The molecule has 0 unspecified atom stereocenters. The lowest BCUT2D eigenvalue weighted by atomic mass is 9.94. The van der Waals surface area contributed by atoms with Gasteiger partial charge in [-0.3, -0.25) is 9.59 Å². The lowest BCUT2D eigenvalue weighted by Crippen LogP contribution is -2.29. The van der Waals surface area contributed by atoms with E-state index in [4.69, 9.17) is 18.9 Å². The number of nitrogens with zero attached hydrogens (tertiary/aromatic N) is 1. The highest BCUT2D eigenvalue weighted by molar-refractivity contribution is 6.46. The first-order valence-corrected chi connectivity index (χ1v) is 13.6. The average molecular weight is 564 g/mol. The molecule has 0 aliphatic carbocycles. The number of aliphatic hydroxyl groups excluding tert-OH is 1. The summed E-state index contributed by atoms with van der Waals surface area (Å²) in [5.41, 5.74) is 2.76. The van der Waals surface area contributed by atoms with Crippen molar-refractivity contribution in [3.63, 3.8) is 0 Å². The molecule has 1 fully saturated rings. The fraction of sp³-hybridized carbons (Fsp3) is 0.176. The van der Waals surface area contributed by atoms with Crippen LogP contribution in [-0.2, 0) is 22.7 Å². The van der Waals surface area contributed by atoms with E-state index in [1.54, 1.807) is 36.4 Å². The molecule has 0 radical (unpaired) electrons. The molecule has 0 bridgehead atoms. The predicted octanol–water partition coefficient (Wildman–Crippen LogP) is 5.67. The van der Waals surface area contributed by atoms with Gasteiger partial charge in [0.05, 0.1) is 18.7 Å². The van der Waals surface area contributed by atoms with Crippen molar-refractivity contribution in [2.24, 2.45) is 0 Å². The van der Waals surface area contributed by atoms with E-state index in [2.05, 4.69) is 0 Å². The second kappa shape index (κ2) is 11.7. The molecule has 0 saturated carbocycles. The molecule has 0 spiro atoms. The third-order valence-corrected chi connectivity index (χ3v) is 7.29. The van der Waals surface area contributed by atoms with Crippen molar-refractivity contribution in [1.82, 2.24) is 4.90 Å². The number of hydrogen-bond acceptors (Lipinski definition) is 7. The molecular formula is C34H29NO7. The van der Waals surface area contributed by atoms with E-state index in [-0.39, 0.29) is 17.9 Å². The van der Waals surface area contributed by atoms with E-state index in [0.717, 1.165) is 11.1 Å². The summed E-state index contributed by atoms with van der Waals surface area (Å²) in [7, 11) is 1.53. The Morgan fingerprint density at radius 1 is 0.833 bits per heavy atom. The van der Waals surface area contributed by atoms with Crippen molar-refractivity contribution in [1.29, 1.82) is 0 Å². The molecular weight excluding hydrogens is 534 g/mol. The highest BCUT2D eigenvalue weighted by atomic mass is 16.6. The monoisotopic (exact) mass is 563 g/mol. The van der Waals surface area contributed by atoms with E-state index in [1.165, 1.54) is 12.0 Å². The number of amides is 1. The molecule has 1 amide bonds. The largest absolute Gasteiger partial charge is 0.507 e. The molecule has 4 aromatic carbocycles. The Morgan fingerprint density at radius 3 is 2.24 bits per heavy atom. The van der Waals surface area contributed by atoms with E-state index >= 15 is 0 Å². The van der Waals surface area contributed by atoms with Crippen LogP contribution in [0.25, 0.3) is 5.76 Å². The van der Waals surface area contributed by atoms with Gasteiger partial charge in [0.15, 0.2) is 23.0 Å². The summed E-state index contributed by atoms with van der Waals surface area (Å²) in [5, 5.41) is 11.5. The number of aliphatic hydroxyl groups is 1.